The Morgan fingerprint density at radius 2 is 2.11 bits per heavy atom. The van der Waals surface area contributed by atoms with Crippen LogP contribution in [0.4, 0.5) is 4.39 Å². The number of aromatic amines is 1. The van der Waals surface area contributed by atoms with E-state index in [2.05, 4.69) is 14.7 Å². The molecular formula is C13H13FN2O3. The minimum Gasteiger partial charge on any atom is -0.494 e. The van der Waals surface area contributed by atoms with Crippen molar-refractivity contribution < 1.29 is 18.7 Å². The normalized spacial score (nSPS) is 10.3. The lowest BCUT2D eigenvalue weighted by Gasteiger charge is -2.03. The van der Waals surface area contributed by atoms with Crippen molar-refractivity contribution in [3.05, 3.63) is 35.5 Å². The Bertz CT molecular complexity index is 622. The average Bonchev–Trinajstić information content (AvgIpc) is 2.80. The Morgan fingerprint density at radius 1 is 1.37 bits per heavy atom. The molecule has 1 heterocycles. The number of nitrogens with zero attached hydrogens (tertiary/aromatic N) is 1. The molecule has 5 nitrogen and oxygen atoms in total. The van der Waals surface area contributed by atoms with Gasteiger partial charge in [0.1, 0.15) is 0 Å². The third-order valence-electron chi connectivity index (χ3n) is 2.69. The van der Waals surface area contributed by atoms with E-state index in [0.717, 1.165) is 0 Å². The van der Waals surface area contributed by atoms with Gasteiger partial charge < -0.3 is 14.5 Å². The van der Waals surface area contributed by atoms with Crippen LogP contribution in [0.3, 0.4) is 0 Å². The fourth-order valence-corrected chi connectivity index (χ4v) is 1.75. The van der Waals surface area contributed by atoms with Crippen molar-refractivity contribution in [2.24, 2.45) is 0 Å². The Hall–Kier alpha value is -2.37. The van der Waals surface area contributed by atoms with Gasteiger partial charge in [0.15, 0.2) is 11.6 Å². The summed E-state index contributed by atoms with van der Waals surface area (Å²) in [5.74, 6) is -0.804. The highest BCUT2D eigenvalue weighted by molar-refractivity contribution is 5.86. The quantitative estimate of drug-likeness (QED) is 0.864. The number of imidazole rings is 1. The highest BCUT2D eigenvalue weighted by Gasteiger charge is 2.16. The van der Waals surface area contributed by atoms with E-state index >= 15 is 0 Å². The highest BCUT2D eigenvalue weighted by atomic mass is 19.1. The number of hydrogen-bond donors (Lipinski definition) is 1. The summed E-state index contributed by atoms with van der Waals surface area (Å²) in [7, 11) is 2.67. The first-order chi connectivity index (χ1) is 9.06. The van der Waals surface area contributed by atoms with Crippen LogP contribution in [0, 0.1) is 12.7 Å². The predicted octanol–water partition coefficient (Wildman–Crippen LogP) is 2.32. The standard InChI is InChI=1S/C13H13FN2O3/c1-7-11(16-12(15-7)13(17)19-3)8-4-5-10(18-2)9(14)6-8/h4-6H,1-3H3,(H,15,16). The van der Waals surface area contributed by atoms with Crippen molar-refractivity contribution >= 4 is 5.97 Å². The van der Waals surface area contributed by atoms with Crippen molar-refractivity contribution in [3.63, 3.8) is 0 Å². The van der Waals surface area contributed by atoms with E-state index in [1.807, 2.05) is 0 Å². The maximum atomic E-state index is 13.6. The second kappa shape index (κ2) is 5.09. The molecule has 1 aromatic heterocycles. The lowest BCUT2D eigenvalue weighted by Crippen LogP contribution is -2.03. The van der Waals surface area contributed by atoms with Gasteiger partial charge in [0.2, 0.25) is 5.82 Å². The van der Waals surface area contributed by atoms with Crippen LogP contribution in [-0.4, -0.2) is 30.2 Å². The Labute approximate surface area is 109 Å². The number of nitrogens with one attached hydrogen (secondary N) is 1. The molecule has 0 aliphatic heterocycles. The molecule has 6 heteroatoms. The topological polar surface area (TPSA) is 64.2 Å². The van der Waals surface area contributed by atoms with Gasteiger partial charge in [0, 0.05) is 11.3 Å². The number of aryl methyl sites for hydroxylation is 1. The van der Waals surface area contributed by atoms with Crippen molar-refractivity contribution in [1.29, 1.82) is 0 Å². The van der Waals surface area contributed by atoms with Gasteiger partial charge in [-0.2, -0.15) is 0 Å². The molecule has 2 rings (SSSR count). The molecule has 1 N–H and O–H groups in total. The molecule has 0 radical (unpaired) electrons. The second-order valence-electron chi connectivity index (χ2n) is 3.90. The maximum Gasteiger partial charge on any atom is 0.374 e. The van der Waals surface area contributed by atoms with Crippen LogP contribution < -0.4 is 4.74 Å². The molecule has 2 aromatic rings. The van der Waals surface area contributed by atoms with E-state index < -0.39 is 11.8 Å². The Balaban J connectivity index is 2.44. The minimum absolute atomic E-state index is 0.0891. The first kappa shape index (κ1) is 13.1. The molecule has 100 valence electrons. The number of hydrogen-bond acceptors (Lipinski definition) is 4. The fraction of sp³-hybridized carbons (Fsp3) is 0.231. The molecule has 0 aliphatic rings. The number of carbonyl (C=O) groups excluding carboxylic acids is 1. The SMILES string of the molecule is COC(=O)c1nc(-c2ccc(OC)c(F)c2)c(C)[nH]1. The monoisotopic (exact) mass is 264 g/mol. The van der Waals surface area contributed by atoms with Crippen LogP contribution in [0.1, 0.15) is 16.3 Å². The summed E-state index contributed by atoms with van der Waals surface area (Å²) in [6.07, 6.45) is 0. The molecule has 0 bridgehead atoms. The van der Waals surface area contributed by atoms with Crippen LogP contribution in [-0.2, 0) is 4.74 Å². The van der Waals surface area contributed by atoms with Crippen LogP contribution in [0.15, 0.2) is 18.2 Å². The zero-order chi connectivity index (χ0) is 14.0. The zero-order valence-corrected chi connectivity index (χ0v) is 10.8. The average molecular weight is 264 g/mol. The number of carbonyl (C=O) groups is 1. The first-order valence-corrected chi connectivity index (χ1v) is 5.55. The third kappa shape index (κ3) is 2.42. The number of methoxy groups -OCH3 is 2. The number of aromatic nitrogens is 2. The maximum absolute atomic E-state index is 13.6. The number of rotatable bonds is 3. The molecule has 0 aliphatic carbocycles. The van der Waals surface area contributed by atoms with E-state index in [0.29, 0.717) is 17.0 Å². The lowest BCUT2D eigenvalue weighted by atomic mass is 10.1. The predicted molar refractivity (Wildman–Crippen MR) is 66.6 cm³/mol. The fourth-order valence-electron chi connectivity index (χ4n) is 1.75. The lowest BCUT2D eigenvalue weighted by molar-refractivity contribution is 0.0588. The van der Waals surface area contributed by atoms with Crippen LogP contribution in [0.25, 0.3) is 11.3 Å². The van der Waals surface area contributed by atoms with E-state index in [9.17, 15) is 9.18 Å². The molecule has 0 atom stereocenters. The molecule has 0 unspecified atom stereocenters. The number of benzene rings is 1. The molecule has 0 spiro atoms. The molecule has 19 heavy (non-hydrogen) atoms. The summed E-state index contributed by atoms with van der Waals surface area (Å²) in [4.78, 5) is 18.3. The van der Waals surface area contributed by atoms with E-state index in [1.54, 1.807) is 13.0 Å². The van der Waals surface area contributed by atoms with Crippen molar-refractivity contribution in [2.75, 3.05) is 14.2 Å². The number of ether oxygens (including phenoxy) is 2. The van der Waals surface area contributed by atoms with E-state index in [1.165, 1.54) is 26.4 Å². The molecule has 1 aromatic carbocycles. The summed E-state index contributed by atoms with van der Waals surface area (Å²) in [5.41, 5.74) is 1.72. The van der Waals surface area contributed by atoms with Gasteiger partial charge in [-0.1, -0.05) is 0 Å². The summed E-state index contributed by atoms with van der Waals surface area (Å²) < 4.78 is 23.1. The minimum atomic E-state index is -0.566. The van der Waals surface area contributed by atoms with Gasteiger partial charge in [-0.15, -0.1) is 0 Å². The zero-order valence-electron chi connectivity index (χ0n) is 10.8. The van der Waals surface area contributed by atoms with Crippen molar-refractivity contribution in [2.45, 2.75) is 6.92 Å². The summed E-state index contributed by atoms with van der Waals surface area (Å²) >= 11 is 0. The Kier molecular flexibility index (Phi) is 3.50. The molecule has 0 fully saturated rings. The summed E-state index contributed by atoms with van der Waals surface area (Å²) in [6, 6.07) is 4.49. The van der Waals surface area contributed by atoms with Crippen molar-refractivity contribution in [1.82, 2.24) is 9.97 Å². The van der Waals surface area contributed by atoms with Gasteiger partial charge in [-0.25, -0.2) is 14.2 Å². The third-order valence-corrected chi connectivity index (χ3v) is 2.69. The summed E-state index contributed by atoms with van der Waals surface area (Å²) in [6.45, 7) is 1.75. The number of H-pyrrole nitrogens is 1. The second-order valence-corrected chi connectivity index (χ2v) is 3.90. The van der Waals surface area contributed by atoms with Gasteiger partial charge in [-0.3, -0.25) is 0 Å². The largest absolute Gasteiger partial charge is 0.494 e. The van der Waals surface area contributed by atoms with Gasteiger partial charge in [0.25, 0.3) is 0 Å². The summed E-state index contributed by atoms with van der Waals surface area (Å²) in [5, 5.41) is 0. The molecule has 0 saturated carbocycles. The first-order valence-electron chi connectivity index (χ1n) is 5.55. The van der Waals surface area contributed by atoms with Gasteiger partial charge in [0.05, 0.1) is 19.9 Å². The van der Waals surface area contributed by atoms with Crippen molar-refractivity contribution in [3.8, 4) is 17.0 Å². The molecular weight excluding hydrogens is 251 g/mol. The Morgan fingerprint density at radius 3 is 2.68 bits per heavy atom. The van der Waals surface area contributed by atoms with E-state index in [-0.39, 0.29) is 11.6 Å². The van der Waals surface area contributed by atoms with Gasteiger partial charge >= 0.3 is 5.97 Å². The smallest absolute Gasteiger partial charge is 0.374 e. The highest BCUT2D eigenvalue weighted by Crippen LogP contribution is 2.26. The van der Waals surface area contributed by atoms with E-state index in [4.69, 9.17) is 4.74 Å². The van der Waals surface area contributed by atoms with Crippen LogP contribution in [0.2, 0.25) is 0 Å². The number of esters is 1. The van der Waals surface area contributed by atoms with Gasteiger partial charge in [-0.05, 0) is 25.1 Å². The molecule has 0 saturated heterocycles. The molecule has 0 amide bonds. The van der Waals surface area contributed by atoms with Crippen LogP contribution >= 0.6 is 0 Å². The number of halogens is 1. The van der Waals surface area contributed by atoms with Crippen LogP contribution in [0.5, 0.6) is 5.75 Å².